The first-order chi connectivity index (χ1) is 6.54. The fraction of sp³-hybridized carbons (Fsp3) is 0.300. The number of aliphatic imine (C=N–C) groups is 1. The van der Waals surface area contributed by atoms with Crippen LogP contribution in [0.25, 0.3) is 0 Å². The molecule has 0 saturated carbocycles. The molecule has 0 saturated heterocycles. The normalized spacial score (nSPS) is 11.6. The third-order valence-corrected chi connectivity index (χ3v) is 2.16. The average molecular weight is 213 g/mol. The van der Waals surface area contributed by atoms with E-state index < -0.39 is 0 Å². The molecule has 2 N–H and O–H groups in total. The number of hydrogen-bond acceptors (Lipinski definition) is 2. The standard InChI is InChI=1S/C10H13ClN2O/c1-6-4-9(13-7(2)12)10(14-3)5-8(6)11/h4-5H,1-3H3,(H2,12,13). The van der Waals surface area contributed by atoms with Crippen LogP contribution in [0.5, 0.6) is 5.75 Å². The number of methoxy groups -OCH3 is 1. The van der Waals surface area contributed by atoms with E-state index in [1.165, 1.54) is 0 Å². The molecular formula is C10H13ClN2O. The summed E-state index contributed by atoms with van der Waals surface area (Å²) in [4.78, 5) is 4.14. The molecule has 0 spiro atoms. The average Bonchev–Trinajstić information content (AvgIpc) is 2.10. The number of ether oxygens (including phenoxy) is 1. The van der Waals surface area contributed by atoms with Crippen LogP contribution >= 0.6 is 11.6 Å². The van der Waals surface area contributed by atoms with E-state index in [0.717, 1.165) is 5.56 Å². The highest BCUT2D eigenvalue weighted by atomic mass is 35.5. The maximum Gasteiger partial charge on any atom is 0.146 e. The second-order valence-electron chi connectivity index (χ2n) is 3.03. The predicted molar refractivity (Wildman–Crippen MR) is 59.7 cm³/mol. The number of amidine groups is 1. The van der Waals surface area contributed by atoms with Gasteiger partial charge >= 0.3 is 0 Å². The van der Waals surface area contributed by atoms with Gasteiger partial charge in [-0.1, -0.05) is 11.6 Å². The molecule has 0 heterocycles. The van der Waals surface area contributed by atoms with Crippen molar-refractivity contribution < 1.29 is 4.74 Å². The molecule has 0 aliphatic carbocycles. The van der Waals surface area contributed by atoms with Gasteiger partial charge in [0.15, 0.2) is 0 Å². The summed E-state index contributed by atoms with van der Waals surface area (Å²) in [6, 6.07) is 3.58. The number of nitrogens with two attached hydrogens (primary N) is 1. The van der Waals surface area contributed by atoms with E-state index in [-0.39, 0.29) is 0 Å². The van der Waals surface area contributed by atoms with Gasteiger partial charge in [0, 0.05) is 11.1 Å². The lowest BCUT2D eigenvalue weighted by Crippen LogP contribution is -2.04. The topological polar surface area (TPSA) is 47.6 Å². The molecule has 14 heavy (non-hydrogen) atoms. The Hall–Kier alpha value is -1.22. The monoisotopic (exact) mass is 212 g/mol. The van der Waals surface area contributed by atoms with Crippen LogP contribution in [0.3, 0.4) is 0 Å². The Morgan fingerprint density at radius 1 is 1.50 bits per heavy atom. The van der Waals surface area contributed by atoms with Gasteiger partial charge < -0.3 is 10.5 Å². The first-order valence-corrected chi connectivity index (χ1v) is 4.57. The van der Waals surface area contributed by atoms with Crippen LogP contribution in [0.2, 0.25) is 5.02 Å². The highest BCUT2D eigenvalue weighted by Crippen LogP contribution is 2.32. The van der Waals surface area contributed by atoms with Crippen LogP contribution in [0.4, 0.5) is 5.69 Å². The van der Waals surface area contributed by atoms with Crippen molar-refractivity contribution in [2.24, 2.45) is 10.7 Å². The van der Waals surface area contributed by atoms with E-state index in [2.05, 4.69) is 4.99 Å². The van der Waals surface area contributed by atoms with E-state index in [1.807, 2.05) is 13.0 Å². The van der Waals surface area contributed by atoms with Gasteiger partial charge in [0.25, 0.3) is 0 Å². The molecule has 4 heteroatoms. The molecule has 0 bridgehead atoms. The van der Waals surface area contributed by atoms with Crippen LogP contribution in [-0.2, 0) is 0 Å². The molecule has 0 aromatic heterocycles. The van der Waals surface area contributed by atoms with Crippen molar-refractivity contribution in [2.45, 2.75) is 13.8 Å². The Bertz CT molecular complexity index is 371. The van der Waals surface area contributed by atoms with Gasteiger partial charge in [-0.25, -0.2) is 4.99 Å². The fourth-order valence-electron chi connectivity index (χ4n) is 1.09. The second kappa shape index (κ2) is 4.33. The minimum atomic E-state index is 0.491. The molecule has 0 atom stereocenters. The predicted octanol–water partition coefficient (Wildman–Crippen LogP) is 2.67. The minimum absolute atomic E-state index is 0.491. The summed E-state index contributed by atoms with van der Waals surface area (Å²) in [5.41, 5.74) is 7.15. The van der Waals surface area contributed by atoms with Gasteiger partial charge in [-0.2, -0.15) is 0 Å². The lowest BCUT2D eigenvalue weighted by atomic mass is 10.2. The third-order valence-electron chi connectivity index (χ3n) is 1.76. The summed E-state index contributed by atoms with van der Waals surface area (Å²) in [5.74, 6) is 1.12. The molecule has 1 rings (SSSR count). The van der Waals surface area contributed by atoms with E-state index >= 15 is 0 Å². The zero-order chi connectivity index (χ0) is 10.7. The van der Waals surface area contributed by atoms with Gasteiger partial charge in [0.1, 0.15) is 11.4 Å². The summed E-state index contributed by atoms with van der Waals surface area (Å²) in [6.07, 6.45) is 0. The number of hydrogen-bond donors (Lipinski definition) is 1. The lowest BCUT2D eigenvalue weighted by molar-refractivity contribution is 0.416. The van der Waals surface area contributed by atoms with Crippen molar-refractivity contribution >= 4 is 23.1 Å². The molecule has 0 aliphatic heterocycles. The highest BCUT2D eigenvalue weighted by Gasteiger charge is 2.05. The van der Waals surface area contributed by atoms with Crippen LogP contribution in [0.15, 0.2) is 17.1 Å². The van der Waals surface area contributed by atoms with Crippen LogP contribution < -0.4 is 10.5 Å². The highest BCUT2D eigenvalue weighted by molar-refractivity contribution is 6.31. The molecule has 1 aromatic rings. The Morgan fingerprint density at radius 2 is 2.14 bits per heavy atom. The number of aryl methyl sites for hydroxylation is 1. The SMILES string of the molecule is COc1cc(Cl)c(C)cc1N=C(C)N. The van der Waals surface area contributed by atoms with E-state index in [0.29, 0.717) is 22.3 Å². The van der Waals surface area contributed by atoms with E-state index in [9.17, 15) is 0 Å². The van der Waals surface area contributed by atoms with Crippen molar-refractivity contribution in [3.05, 3.63) is 22.7 Å². The summed E-state index contributed by atoms with van der Waals surface area (Å²) in [7, 11) is 1.58. The van der Waals surface area contributed by atoms with Gasteiger partial charge in [0.2, 0.25) is 0 Å². The lowest BCUT2D eigenvalue weighted by Gasteiger charge is -2.07. The van der Waals surface area contributed by atoms with Crippen LogP contribution in [0.1, 0.15) is 12.5 Å². The van der Waals surface area contributed by atoms with Gasteiger partial charge in [-0.15, -0.1) is 0 Å². The number of rotatable bonds is 2. The summed E-state index contributed by atoms with van der Waals surface area (Å²) >= 11 is 5.94. The fourth-order valence-corrected chi connectivity index (χ4v) is 1.24. The minimum Gasteiger partial charge on any atom is -0.494 e. The van der Waals surface area contributed by atoms with E-state index in [4.69, 9.17) is 22.1 Å². The molecule has 3 nitrogen and oxygen atoms in total. The quantitative estimate of drug-likeness (QED) is 0.605. The van der Waals surface area contributed by atoms with Crippen molar-refractivity contribution in [3.63, 3.8) is 0 Å². The Morgan fingerprint density at radius 3 is 2.64 bits per heavy atom. The van der Waals surface area contributed by atoms with Crippen molar-refractivity contribution in [2.75, 3.05) is 7.11 Å². The Labute approximate surface area is 88.5 Å². The Kier molecular flexibility index (Phi) is 3.36. The molecular weight excluding hydrogens is 200 g/mol. The second-order valence-corrected chi connectivity index (χ2v) is 3.43. The third kappa shape index (κ3) is 2.39. The van der Waals surface area contributed by atoms with Crippen molar-refractivity contribution in [1.29, 1.82) is 0 Å². The number of benzene rings is 1. The molecule has 0 fully saturated rings. The molecule has 1 aromatic carbocycles. The maximum absolute atomic E-state index is 5.94. The Balaban J connectivity index is 3.27. The zero-order valence-electron chi connectivity index (χ0n) is 8.47. The smallest absolute Gasteiger partial charge is 0.146 e. The summed E-state index contributed by atoms with van der Waals surface area (Å²) in [5, 5.41) is 0.662. The van der Waals surface area contributed by atoms with Crippen LogP contribution in [0, 0.1) is 6.92 Å². The molecule has 0 aliphatic rings. The molecule has 0 radical (unpaired) electrons. The first kappa shape index (κ1) is 10.9. The molecule has 0 unspecified atom stereocenters. The number of nitrogens with zero attached hydrogens (tertiary/aromatic N) is 1. The van der Waals surface area contributed by atoms with E-state index in [1.54, 1.807) is 20.1 Å². The zero-order valence-corrected chi connectivity index (χ0v) is 9.22. The molecule has 76 valence electrons. The largest absolute Gasteiger partial charge is 0.494 e. The van der Waals surface area contributed by atoms with Gasteiger partial charge in [0.05, 0.1) is 12.9 Å². The summed E-state index contributed by atoms with van der Waals surface area (Å²) < 4.78 is 5.13. The molecule has 0 amide bonds. The van der Waals surface area contributed by atoms with Crippen molar-refractivity contribution in [3.8, 4) is 5.75 Å². The van der Waals surface area contributed by atoms with Crippen LogP contribution in [-0.4, -0.2) is 12.9 Å². The number of halogens is 1. The van der Waals surface area contributed by atoms with Crippen molar-refractivity contribution in [1.82, 2.24) is 0 Å². The van der Waals surface area contributed by atoms with Gasteiger partial charge in [-0.05, 0) is 25.5 Å². The maximum atomic E-state index is 5.94. The van der Waals surface area contributed by atoms with Gasteiger partial charge in [-0.3, -0.25) is 0 Å². The first-order valence-electron chi connectivity index (χ1n) is 4.19. The summed E-state index contributed by atoms with van der Waals surface area (Å²) in [6.45, 7) is 3.63.